The summed E-state index contributed by atoms with van der Waals surface area (Å²) in [5, 5.41) is 14.9. The Hall–Kier alpha value is -2.36. The molecule has 10 heteroatoms. The van der Waals surface area contributed by atoms with Crippen LogP contribution in [-0.4, -0.2) is 64.0 Å². The van der Waals surface area contributed by atoms with Crippen LogP contribution in [0.2, 0.25) is 0 Å². The molecule has 0 fully saturated rings. The number of rotatable bonds is 14. The van der Waals surface area contributed by atoms with E-state index in [1.54, 1.807) is 24.3 Å². The molecule has 1 aromatic rings. The lowest BCUT2D eigenvalue weighted by molar-refractivity contribution is 0.00758. The van der Waals surface area contributed by atoms with Crippen molar-refractivity contribution in [1.82, 2.24) is 0 Å². The van der Waals surface area contributed by atoms with E-state index >= 15 is 0 Å². The van der Waals surface area contributed by atoms with Gasteiger partial charge < -0.3 is 24.1 Å². The molecule has 0 aliphatic rings. The third kappa shape index (κ3) is 11.2. The average molecular weight is 368 g/mol. The van der Waals surface area contributed by atoms with Crippen LogP contribution in [0.4, 0.5) is 10.5 Å². The van der Waals surface area contributed by atoms with Gasteiger partial charge in [-0.15, -0.1) is 0 Å². The lowest BCUT2D eigenvalue weighted by Gasteiger charge is -2.08. The highest BCUT2D eigenvalue weighted by Gasteiger charge is 2.03. The van der Waals surface area contributed by atoms with Gasteiger partial charge >= 0.3 is 6.09 Å². The summed E-state index contributed by atoms with van der Waals surface area (Å²) in [6.07, 6.45) is -0.570. The summed E-state index contributed by atoms with van der Waals surface area (Å²) in [5.41, 5.74) is 9.42. The summed E-state index contributed by atoms with van der Waals surface area (Å²) in [5.74, 6) is 0. The highest BCUT2D eigenvalue weighted by Crippen LogP contribution is 2.09. The Morgan fingerprint density at radius 2 is 1.58 bits per heavy atom. The Labute approximate surface area is 151 Å². The fourth-order valence-corrected chi connectivity index (χ4v) is 1.73. The summed E-state index contributed by atoms with van der Waals surface area (Å²) < 4.78 is 20.7. The third-order valence-electron chi connectivity index (χ3n) is 2.99. The number of benzene rings is 1. The van der Waals surface area contributed by atoms with Gasteiger partial charge in [-0.2, -0.15) is 0 Å². The molecule has 0 radical (unpaired) electrons. The van der Waals surface area contributed by atoms with Crippen molar-refractivity contribution in [3.8, 4) is 0 Å². The highest BCUT2D eigenvalue weighted by atomic mass is 16.6. The Balaban J connectivity index is 1.90. The van der Waals surface area contributed by atoms with Gasteiger partial charge in [0.15, 0.2) is 0 Å². The van der Waals surface area contributed by atoms with Crippen LogP contribution >= 0.6 is 0 Å². The fourth-order valence-electron chi connectivity index (χ4n) is 1.73. The van der Waals surface area contributed by atoms with Gasteiger partial charge in [-0.05, 0) is 23.2 Å². The van der Waals surface area contributed by atoms with E-state index in [1.165, 1.54) is 0 Å². The van der Waals surface area contributed by atoms with Crippen LogP contribution in [0.25, 0.3) is 10.4 Å². The van der Waals surface area contributed by atoms with Gasteiger partial charge in [0.25, 0.3) is 0 Å². The smallest absolute Gasteiger partial charge is 0.411 e. The van der Waals surface area contributed by atoms with E-state index in [0.29, 0.717) is 45.3 Å². The molecule has 0 aromatic heterocycles. The zero-order chi connectivity index (χ0) is 18.9. The van der Waals surface area contributed by atoms with E-state index in [9.17, 15) is 4.79 Å². The fraction of sp³-hybridized carbons (Fsp3) is 0.562. The lowest BCUT2D eigenvalue weighted by Crippen LogP contribution is -2.18. The number of hydrogen-bond donors (Lipinski definition) is 2. The van der Waals surface area contributed by atoms with Crippen molar-refractivity contribution in [3.63, 3.8) is 0 Å². The molecule has 1 amide bonds. The second kappa shape index (κ2) is 14.9. The Morgan fingerprint density at radius 3 is 2.15 bits per heavy atom. The maximum Gasteiger partial charge on any atom is 0.411 e. The molecule has 0 heterocycles. The first-order valence-electron chi connectivity index (χ1n) is 8.14. The molecule has 1 rings (SSSR count). The van der Waals surface area contributed by atoms with Crippen molar-refractivity contribution in [2.24, 2.45) is 5.11 Å². The summed E-state index contributed by atoms with van der Waals surface area (Å²) in [7, 11) is 0. The van der Waals surface area contributed by atoms with Crippen LogP contribution < -0.4 is 5.32 Å². The molecule has 0 aliphatic carbocycles. The molecule has 0 atom stereocenters. The van der Waals surface area contributed by atoms with Gasteiger partial charge in [-0.1, -0.05) is 17.2 Å². The second-order valence-electron chi connectivity index (χ2n) is 4.91. The Kier molecular flexibility index (Phi) is 12.5. The van der Waals surface area contributed by atoms with Crippen molar-refractivity contribution in [2.75, 3.05) is 58.1 Å². The van der Waals surface area contributed by atoms with E-state index in [0.717, 1.165) is 5.56 Å². The van der Waals surface area contributed by atoms with Gasteiger partial charge in [-0.3, -0.25) is 5.32 Å². The first-order chi connectivity index (χ1) is 12.8. The topological polar surface area (TPSA) is 135 Å². The van der Waals surface area contributed by atoms with Crippen molar-refractivity contribution in [3.05, 3.63) is 40.3 Å². The molecule has 0 unspecified atom stereocenters. The van der Waals surface area contributed by atoms with Gasteiger partial charge in [0.05, 0.1) is 46.2 Å². The van der Waals surface area contributed by atoms with E-state index in [4.69, 9.17) is 29.6 Å². The standard InChI is InChI=1S/C16H24N4O6/c17-20-18-5-6-23-7-8-24-9-10-25-11-12-26-16(22)19-15-3-1-14(13-21)2-4-15/h1-4,21H,5-13H2,(H,19,22). The molecule has 1 aromatic carbocycles. The monoisotopic (exact) mass is 368 g/mol. The minimum absolute atomic E-state index is 0.0454. The summed E-state index contributed by atoms with van der Waals surface area (Å²) in [6.45, 7) is 2.66. The first-order valence-corrected chi connectivity index (χ1v) is 8.14. The molecule has 0 saturated carbocycles. The van der Waals surface area contributed by atoms with Crippen LogP contribution in [0.1, 0.15) is 5.56 Å². The number of nitrogens with zero attached hydrogens (tertiary/aromatic N) is 3. The quantitative estimate of drug-likeness (QED) is 0.223. The lowest BCUT2D eigenvalue weighted by atomic mass is 10.2. The minimum atomic E-state index is -0.570. The predicted octanol–water partition coefficient (Wildman–Crippen LogP) is 2.09. The number of aliphatic hydroxyl groups excluding tert-OH is 1. The first kappa shape index (κ1) is 21.7. The van der Waals surface area contributed by atoms with Gasteiger partial charge in [0.2, 0.25) is 0 Å². The van der Waals surface area contributed by atoms with E-state index < -0.39 is 6.09 Å². The number of ether oxygens (including phenoxy) is 4. The molecule has 0 bridgehead atoms. The van der Waals surface area contributed by atoms with Gasteiger partial charge in [0, 0.05) is 17.1 Å². The largest absolute Gasteiger partial charge is 0.447 e. The molecule has 144 valence electrons. The number of anilines is 1. The zero-order valence-corrected chi connectivity index (χ0v) is 14.5. The van der Waals surface area contributed by atoms with Crippen LogP contribution in [0.15, 0.2) is 29.4 Å². The maximum absolute atomic E-state index is 11.6. The van der Waals surface area contributed by atoms with Crippen molar-refractivity contribution in [1.29, 1.82) is 0 Å². The van der Waals surface area contributed by atoms with Crippen LogP contribution in [0, 0.1) is 0 Å². The molecule has 0 aliphatic heterocycles. The molecule has 0 spiro atoms. The SMILES string of the molecule is [N-]=[N+]=NCCOCCOCCOCCOC(=O)Nc1ccc(CO)cc1. The molecular formula is C16H24N4O6. The highest BCUT2D eigenvalue weighted by molar-refractivity contribution is 5.84. The molecular weight excluding hydrogens is 344 g/mol. The summed E-state index contributed by atoms with van der Waals surface area (Å²) in [4.78, 5) is 14.2. The van der Waals surface area contributed by atoms with E-state index in [-0.39, 0.29) is 19.8 Å². The predicted molar refractivity (Wildman–Crippen MR) is 93.8 cm³/mol. The van der Waals surface area contributed by atoms with Crippen molar-refractivity contribution in [2.45, 2.75) is 6.61 Å². The number of carbonyl (C=O) groups is 1. The number of amides is 1. The number of aliphatic hydroxyl groups is 1. The zero-order valence-electron chi connectivity index (χ0n) is 14.5. The number of azide groups is 1. The Morgan fingerprint density at radius 1 is 1.00 bits per heavy atom. The summed E-state index contributed by atoms with van der Waals surface area (Å²) >= 11 is 0. The Bertz CT molecular complexity index is 548. The van der Waals surface area contributed by atoms with Crippen LogP contribution in [0.3, 0.4) is 0 Å². The normalized spacial score (nSPS) is 10.2. The third-order valence-corrected chi connectivity index (χ3v) is 2.99. The van der Waals surface area contributed by atoms with Crippen molar-refractivity contribution < 1.29 is 28.8 Å². The number of hydrogen-bond acceptors (Lipinski definition) is 7. The van der Waals surface area contributed by atoms with Crippen LogP contribution in [-0.2, 0) is 25.6 Å². The van der Waals surface area contributed by atoms with Gasteiger partial charge in [-0.25, -0.2) is 4.79 Å². The van der Waals surface area contributed by atoms with E-state index in [2.05, 4.69) is 15.3 Å². The molecule has 10 nitrogen and oxygen atoms in total. The van der Waals surface area contributed by atoms with Crippen LogP contribution in [0.5, 0.6) is 0 Å². The maximum atomic E-state index is 11.6. The molecule has 26 heavy (non-hydrogen) atoms. The minimum Gasteiger partial charge on any atom is -0.447 e. The average Bonchev–Trinajstić information content (AvgIpc) is 2.66. The number of carbonyl (C=O) groups excluding carboxylic acids is 1. The van der Waals surface area contributed by atoms with Crippen molar-refractivity contribution >= 4 is 11.8 Å². The second-order valence-corrected chi connectivity index (χ2v) is 4.91. The summed E-state index contributed by atoms with van der Waals surface area (Å²) in [6, 6.07) is 6.79. The molecule has 0 saturated heterocycles. The van der Waals surface area contributed by atoms with E-state index in [1.807, 2.05) is 0 Å². The molecule has 2 N–H and O–H groups in total. The van der Waals surface area contributed by atoms with Gasteiger partial charge in [0.1, 0.15) is 6.61 Å². The number of nitrogens with one attached hydrogen (secondary N) is 1.